The van der Waals surface area contributed by atoms with Gasteiger partial charge in [0, 0.05) is 5.39 Å². The van der Waals surface area contributed by atoms with Crippen LogP contribution in [-0.2, 0) is 17.5 Å². The fraction of sp³-hybridized carbons (Fsp3) is 0.316. The molecule has 2 aromatic heterocycles. The zero-order valence-corrected chi connectivity index (χ0v) is 15.9. The van der Waals surface area contributed by atoms with Crippen molar-refractivity contribution in [2.24, 2.45) is 0 Å². The molecule has 0 aliphatic carbocycles. The van der Waals surface area contributed by atoms with Crippen LogP contribution in [0.1, 0.15) is 36.7 Å². The minimum absolute atomic E-state index is 0.0691. The number of fused-ring (bicyclic) bond motifs is 1. The molecule has 1 aromatic carbocycles. The Morgan fingerprint density at radius 1 is 1.14 bits per heavy atom. The van der Waals surface area contributed by atoms with Crippen molar-refractivity contribution in [2.45, 2.75) is 39.4 Å². The molecule has 0 aliphatic rings. The highest BCUT2D eigenvalue weighted by atomic mass is 19.4. The highest BCUT2D eigenvalue weighted by Crippen LogP contribution is 2.32. The zero-order valence-electron chi connectivity index (χ0n) is 15.9. The summed E-state index contributed by atoms with van der Waals surface area (Å²) in [5.74, 6) is -0.606. The lowest BCUT2D eigenvalue weighted by Gasteiger charge is -2.15. The van der Waals surface area contributed by atoms with Crippen LogP contribution in [0.5, 0.6) is 0 Å². The average Bonchev–Trinajstić information content (AvgIpc) is 2.64. The lowest BCUT2D eigenvalue weighted by Crippen LogP contribution is -2.31. The van der Waals surface area contributed by atoms with Crippen LogP contribution < -0.4 is 10.9 Å². The van der Waals surface area contributed by atoms with Crippen LogP contribution in [0.25, 0.3) is 10.8 Å². The number of aryl methyl sites for hydroxylation is 1. The Hall–Kier alpha value is -3.30. The topological polar surface area (TPSA) is 89.8 Å². The summed E-state index contributed by atoms with van der Waals surface area (Å²) < 4.78 is 40.1. The number of carbonyl (C=O) groups excluding carboxylic acids is 1. The van der Waals surface area contributed by atoms with Crippen molar-refractivity contribution >= 4 is 22.5 Å². The molecule has 0 atom stereocenters. The summed E-state index contributed by atoms with van der Waals surface area (Å²) in [6, 6.07) is 6.12. The third kappa shape index (κ3) is 4.41. The number of aromatic nitrogens is 4. The monoisotopic (exact) mass is 405 g/mol. The summed E-state index contributed by atoms with van der Waals surface area (Å²) >= 11 is 0. The van der Waals surface area contributed by atoms with Crippen LogP contribution in [0.15, 0.2) is 35.1 Å². The highest BCUT2D eigenvalue weighted by Gasteiger charge is 2.31. The minimum Gasteiger partial charge on any atom is -0.308 e. The van der Waals surface area contributed by atoms with E-state index < -0.39 is 29.8 Å². The van der Waals surface area contributed by atoms with Crippen molar-refractivity contribution in [1.82, 2.24) is 20.0 Å². The largest absolute Gasteiger partial charge is 0.416 e. The molecule has 1 amide bonds. The van der Waals surface area contributed by atoms with Gasteiger partial charge in [0.05, 0.1) is 22.3 Å². The lowest BCUT2D eigenvalue weighted by molar-refractivity contribution is -0.137. The summed E-state index contributed by atoms with van der Waals surface area (Å²) in [5, 5.41) is 14.5. The van der Waals surface area contributed by atoms with Gasteiger partial charge in [-0.3, -0.25) is 9.59 Å². The first-order valence-electron chi connectivity index (χ1n) is 8.78. The second-order valence-corrected chi connectivity index (χ2v) is 6.87. The molecule has 0 bridgehead atoms. The quantitative estimate of drug-likeness (QED) is 0.720. The van der Waals surface area contributed by atoms with E-state index >= 15 is 0 Å². The van der Waals surface area contributed by atoms with Gasteiger partial charge in [0.1, 0.15) is 6.54 Å². The van der Waals surface area contributed by atoms with Crippen LogP contribution in [0.4, 0.5) is 19.0 Å². The molecule has 2 heterocycles. The molecule has 3 rings (SSSR count). The summed E-state index contributed by atoms with van der Waals surface area (Å²) in [6.45, 7) is 4.83. The van der Waals surface area contributed by atoms with Crippen LogP contribution in [0.2, 0.25) is 0 Å². The number of carbonyl (C=O) groups is 1. The average molecular weight is 405 g/mol. The summed E-state index contributed by atoms with van der Waals surface area (Å²) in [6.07, 6.45) is -4.54. The van der Waals surface area contributed by atoms with Gasteiger partial charge in [-0.25, -0.2) is 4.68 Å². The molecule has 29 heavy (non-hydrogen) atoms. The molecule has 10 heteroatoms. The number of hydrogen-bond donors (Lipinski definition) is 1. The Balaban J connectivity index is 2.00. The first kappa shape index (κ1) is 20.4. The first-order valence-corrected chi connectivity index (χ1v) is 8.78. The molecule has 3 aromatic rings. The number of benzene rings is 1. The van der Waals surface area contributed by atoms with Gasteiger partial charge in [-0.2, -0.15) is 23.4 Å². The molecule has 1 N–H and O–H groups in total. The van der Waals surface area contributed by atoms with Crippen molar-refractivity contribution in [3.63, 3.8) is 0 Å². The van der Waals surface area contributed by atoms with Crippen LogP contribution in [0.3, 0.4) is 0 Å². The third-order valence-electron chi connectivity index (χ3n) is 4.22. The Bertz CT molecular complexity index is 1120. The second kappa shape index (κ2) is 7.61. The molecule has 0 saturated carbocycles. The van der Waals surface area contributed by atoms with Crippen LogP contribution in [-0.4, -0.2) is 25.9 Å². The van der Waals surface area contributed by atoms with Crippen LogP contribution in [0, 0.1) is 6.92 Å². The molecule has 0 unspecified atom stereocenters. The fourth-order valence-electron chi connectivity index (χ4n) is 2.80. The SMILES string of the molecule is Cc1ccc(NC(=O)Cn2nc(C(C)C)c3cc(C(F)(F)F)ccc3c2=O)nn1. The van der Waals surface area contributed by atoms with Gasteiger partial charge in [0.25, 0.3) is 5.56 Å². The maximum atomic E-state index is 13.1. The van der Waals surface area contributed by atoms with E-state index in [1.54, 1.807) is 32.9 Å². The van der Waals surface area contributed by atoms with Crippen molar-refractivity contribution in [1.29, 1.82) is 0 Å². The molecule has 0 fully saturated rings. The smallest absolute Gasteiger partial charge is 0.308 e. The van der Waals surface area contributed by atoms with Crippen molar-refractivity contribution in [3.05, 3.63) is 57.6 Å². The van der Waals surface area contributed by atoms with Crippen molar-refractivity contribution in [2.75, 3.05) is 5.32 Å². The van der Waals surface area contributed by atoms with Gasteiger partial charge in [0.15, 0.2) is 5.82 Å². The van der Waals surface area contributed by atoms with Crippen molar-refractivity contribution < 1.29 is 18.0 Å². The van der Waals surface area contributed by atoms with E-state index in [1.165, 1.54) is 0 Å². The maximum Gasteiger partial charge on any atom is 0.416 e. The van der Waals surface area contributed by atoms with E-state index in [9.17, 15) is 22.8 Å². The summed E-state index contributed by atoms with van der Waals surface area (Å²) in [5.41, 5.74) is -0.534. The molecule has 0 saturated heterocycles. The van der Waals surface area contributed by atoms with Gasteiger partial charge >= 0.3 is 6.18 Å². The molecule has 0 spiro atoms. The summed E-state index contributed by atoms with van der Waals surface area (Å²) in [7, 11) is 0. The number of amides is 1. The molecule has 0 aliphatic heterocycles. The molecular weight excluding hydrogens is 387 g/mol. The Morgan fingerprint density at radius 3 is 2.45 bits per heavy atom. The number of hydrogen-bond acceptors (Lipinski definition) is 5. The molecular formula is C19H18F3N5O2. The van der Waals surface area contributed by atoms with Gasteiger partial charge < -0.3 is 5.32 Å². The fourth-order valence-corrected chi connectivity index (χ4v) is 2.80. The van der Waals surface area contributed by atoms with E-state index in [0.717, 1.165) is 22.9 Å². The van der Waals surface area contributed by atoms with Gasteiger partial charge in [0.2, 0.25) is 5.91 Å². The number of nitrogens with zero attached hydrogens (tertiary/aromatic N) is 4. The number of rotatable bonds is 4. The predicted molar refractivity (Wildman–Crippen MR) is 100 cm³/mol. The minimum atomic E-state index is -4.54. The van der Waals surface area contributed by atoms with E-state index in [4.69, 9.17) is 0 Å². The highest BCUT2D eigenvalue weighted by molar-refractivity contribution is 5.90. The number of nitrogens with one attached hydrogen (secondary N) is 1. The van der Waals surface area contributed by atoms with E-state index in [2.05, 4.69) is 20.6 Å². The zero-order chi connectivity index (χ0) is 21.3. The van der Waals surface area contributed by atoms with Gasteiger partial charge in [-0.05, 0) is 43.2 Å². The molecule has 0 radical (unpaired) electrons. The Kier molecular flexibility index (Phi) is 5.36. The van der Waals surface area contributed by atoms with Crippen molar-refractivity contribution in [3.8, 4) is 0 Å². The molecule has 7 nitrogen and oxygen atoms in total. The Morgan fingerprint density at radius 2 is 1.86 bits per heavy atom. The molecule has 152 valence electrons. The third-order valence-corrected chi connectivity index (χ3v) is 4.22. The number of halogens is 3. The second-order valence-electron chi connectivity index (χ2n) is 6.87. The van der Waals surface area contributed by atoms with E-state index in [-0.39, 0.29) is 22.5 Å². The first-order chi connectivity index (χ1) is 13.6. The number of anilines is 1. The normalized spacial score (nSPS) is 11.8. The van der Waals surface area contributed by atoms with Gasteiger partial charge in [-0.1, -0.05) is 13.8 Å². The lowest BCUT2D eigenvalue weighted by atomic mass is 10.0. The number of alkyl halides is 3. The predicted octanol–water partition coefficient (Wildman–Crippen LogP) is 3.28. The standard InChI is InChI=1S/C19H18F3N5O2/c1-10(2)17-14-8-12(19(20,21)22)5-6-13(14)18(29)27(26-17)9-16(28)23-15-7-4-11(3)24-25-15/h4-8,10H,9H2,1-3H3,(H,23,25,28). The Labute approximate surface area is 163 Å². The van der Waals surface area contributed by atoms with Gasteiger partial charge in [-0.15, -0.1) is 5.10 Å². The summed E-state index contributed by atoms with van der Waals surface area (Å²) in [4.78, 5) is 25.0. The van der Waals surface area contributed by atoms with E-state index in [1.807, 2.05) is 0 Å². The van der Waals surface area contributed by atoms with E-state index in [0.29, 0.717) is 11.4 Å². The maximum absolute atomic E-state index is 13.1. The van der Waals surface area contributed by atoms with Crippen LogP contribution >= 0.6 is 0 Å².